The van der Waals surface area contributed by atoms with Crippen LogP contribution in [-0.2, 0) is 19.5 Å². The summed E-state index contributed by atoms with van der Waals surface area (Å²) in [5.74, 6) is 0.604. The smallest absolute Gasteiger partial charge is 0.328 e. The lowest BCUT2D eigenvalue weighted by atomic mass is 10.1. The summed E-state index contributed by atoms with van der Waals surface area (Å²) >= 11 is 18.3. The van der Waals surface area contributed by atoms with Crippen LogP contribution >= 0.6 is 34.8 Å². The Kier molecular flexibility index (Phi) is 5.87. The number of nitrogens with zero attached hydrogens (tertiary/aromatic N) is 4. The Morgan fingerprint density at radius 1 is 1.13 bits per heavy atom. The lowest BCUT2D eigenvalue weighted by Gasteiger charge is -2.20. The minimum Gasteiger partial charge on any atom is -0.339 e. The van der Waals surface area contributed by atoms with Gasteiger partial charge in [-0.1, -0.05) is 40.9 Å². The number of pyridine rings is 1. The van der Waals surface area contributed by atoms with Crippen molar-refractivity contribution in [1.82, 2.24) is 24.1 Å². The molecule has 3 heterocycles. The maximum atomic E-state index is 13.2. The van der Waals surface area contributed by atoms with Crippen molar-refractivity contribution >= 4 is 46.0 Å². The fraction of sp³-hybridized carbons (Fsp3) is 0.286. The van der Waals surface area contributed by atoms with E-state index in [1.165, 1.54) is 0 Å². The van der Waals surface area contributed by atoms with Crippen LogP contribution in [0.15, 0.2) is 41.3 Å². The van der Waals surface area contributed by atoms with E-state index >= 15 is 0 Å². The maximum Gasteiger partial charge on any atom is 0.328 e. The normalized spacial score (nSPS) is 12.1. The summed E-state index contributed by atoms with van der Waals surface area (Å²) in [6.07, 6.45) is 2.28. The highest BCUT2D eigenvalue weighted by atomic mass is 35.5. The molecule has 3 aromatic heterocycles. The molecule has 0 atom stereocenters. The SMILES string of the molecule is CC(C)(N)Cn1c(Cc2ccc(Cl)cc2Cl)cn(Cc2nc3nc(Cl)ccc3[nH]2)c1=O. The lowest BCUT2D eigenvalue weighted by Crippen LogP contribution is -2.41. The zero-order valence-electron chi connectivity index (χ0n) is 17.0. The second-order valence-electron chi connectivity index (χ2n) is 8.21. The van der Waals surface area contributed by atoms with Crippen LogP contribution in [0.4, 0.5) is 0 Å². The summed E-state index contributed by atoms with van der Waals surface area (Å²) in [5.41, 5.74) is 8.40. The largest absolute Gasteiger partial charge is 0.339 e. The number of nitrogens with one attached hydrogen (secondary N) is 1. The van der Waals surface area contributed by atoms with Gasteiger partial charge in [-0.25, -0.2) is 14.8 Å². The van der Waals surface area contributed by atoms with E-state index in [0.29, 0.717) is 39.6 Å². The van der Waals surface area contributed by atoms with Gasteiger partial charge in [0.2, 0.25) is 0 Å². The van der Waals surface area contributed by atoms with Crippen LogP contribution in [0, 0.1) is 0 Å². The zero-order chi connectivity index (χ0) is 22.3. The molecule has 4 aromatic rings. The molecule has 0 saturated carbocycles. The second kappa shape index (κ2) is 8.31. The average Bonchev–Trinajstić information content (AvgIpc) is 3.18. The third-order valence-electron chi connectivity index (χ3n) is 4.76. The van der Waals surface area contributed by atoms with Gasteiger partial charge in [-0.05, 0) is 43.7 Å². The van der Waals surface area contributed by atoms with Crippen molar-refractivity contribution in [3.05, 3.63) is 79.3 Å². The summed E-state index contributed by atoms with van der Waals surface area (Å²) in [7, 11) is 0. The Morgan fingerprint density at radius 2 is 1.90 bits per heavy atom. The van der Waals surface area contributed by atoms with Gasteiger partial charge in [0, 0.05) is 40.4 Å². The standard InChI is InChI=1S/C21H21Cl3N6O/c1-21(2,25)11-30-14(7-12-3-4-13(22)8-15(12)23)9-29(20(30)31)10-18-26-16-5-6-17(24)27-19(16)28-18/h3-6,8-9H,7,10-11,25H2,1-2H3,(H,26,27,28). The number of halogens is 3. The topological polar surface area (TPSA) is 94.5 Å². The van der Waals surface area contributed by atoms with Crippen molar-refractivity contribution in [3.63, 3.8) is 0 Å². The zero-order valence-corrected chi connectivity index (χ0v) is 19.3. The van der Waals surface area contributed by atoms with Gasteiger partial charge in [0.05, 0.1) is 12.1 Å². The molecule has 0 amide bonds. The van der Waals surface area contributed by atoms with Gasteiger partial charge in [0.15, 0.2) is 5.65 Å². The number of H-pyrrole nitrogens is 1. The van der Waals surface area contributed by atoms with Crippen LogP contribution in [-0.4, -0.2) is 29.6 Å². The van der Waals surface area contributed by atoms with Crippen LogP contribution in [0.5, 0.6) is 0 Å². The molecule has 0 radical (unpaired) electrons. The van der Waals surface area contributed by atoms with Gasteiger partial charge in [0.25, 0.3) is 0 Å². The molecule has 0 bridgehead atoms. The van der Waals surface area contributed by atoms with Gasteiger partial charge in [-0.15, -0.1) is 0 Å². The Labute approximate surface area is 193 Å². The number of benzene rings is 1. The molecule has 10 heteroatoms. The third kappa shape index (κ3) is 4.96. The molecule has 3 N–H and O–H groups in total. The fourth-order valence-corrected chi connectivity index (χ4v) is 4.05. The first-order chi connectivity index (χ1) is 14.6. The second-order valence-corrected chi connectivity index (χ2v) is 9.44. The third-order valence-corrected chi connectivity index (χ3v) is 5.56. The molecular weight excluding hydrogens is 459 g/mol. The van der Waals surface area contributed by atoms with Crippen LogP contribution < -0.4 is 11.4 Å². The molecule has 0 fully saturated rings. The van der Waals surface area contributed by atoms with Gasteiger partial charge in [0.1, 0.15) is 11.0 Å². The molecule has 0 spiro atoms. The van der Waals surface area contributed by atoms with Crippen molar-refractivity contribution in [1.29, 1.82) is 0 Å². The number of hydrogen-bond acceptors (Lipinski definition) is 4. The first-order valence-electron chi connectivity index (χ1n) is 9.62. The van der Waals surface area contributed by atoms with Crippen LogP contribution in [0.25, 0.3) is 11.2 Å². The van der Waals surface area contributed by atoms with E-state index in [9.17, 15) is 4.79 Å². The quantitative estimate of drug-likeness (QED) is 0.404. The molecule has 162 valence electrons. The average molecular weight is 480 g/mol. The molecule has 7 nitrogen and oxygen atoms in total. The Morgan fingerprint density at radius 3 is 2.61 bits per heavy atom. The molecular formula is C21H21Cl3N6O. The number of aromatic nitrogens is 5. The van der Waals surface area contributed by atoms with E-state index in [4.69, 9.17) is 40.5 Å². The summed E-state index contributed by atoms with van der Waals surface area (Å²) in [5, 5.41) is 1.47. The van der Waals surface area contributed by atoms with E-state index in [-0.39, 0.29) is 12.2 Å². The van der Waals surface area contributed by atoms with Crippen molar-refractivity contribution in [2.75, 3.05) is 0 Å². The number of nitrogens with two attached hydrogens (primary N) is 1. The number of rotatable bonds is 6. The Bertz CT molecular complexity index is 1320. The molecule has 1 aromatic carbocycles. The predicted molar refractivity (Wildman–Crippen MR) is 124 cm³/mol. The minimum absolute atomic E-state index is 0.176. The van der Waals surface area contributed by atoms with Crippen molar-refractivity contribution < 1.29 is 0 Å². The van der Waals surface area contributed by atoms with E-state index in [1.54, 1.807) is 33.4 Å². The molecule has 0 aliphatic rings. The van der Waals surface area contributed by atoms with Crippen molar-refractivity contribution in [2.45, 2.75) is 38.9 Å². The van der Waals surface area contributed by atoms with Crippen LogP contribution in [0.3, 0.4) is 0 Å². The first kappa shape index (κ1) is 21.9. The molecule has 0 aliphatic carbocycles. The Balaban J connectivity index is 1.72. The van der Waals surface area contributed by atoms with Crippen LogP contribution in [0.1, 0.15) is 30.9 Å². The van der Waals surface area contributed by atoms with Gasteiger partial charge in [-0.2, -0.15) is 0 Å². The summed E-state index contributed by atoms with van der Waals surface area (Å²) < 4.78 is 3.28. The highest BCUT2D eigenvalue weighted by molar-refractivity contribution is 6.35. The van der Waals surface area contributed by atoms with E-state index < -0.39 is 5.54 Å². The molecule has 31 heavy (non-hydrogen) atoms. The number of aromatic amines is 1. The molecule has 4 rings (SSSR count). The minimum atomic E-state index is -0.575. The summed E-state index contributed by atoms with van der Waals surface area (Å²) in [4.78, 5) is 25.0. The first-order valence-corrected chi connectivity index (χ1v) is 10.8. The lowest BCUT2D eigenvalue weighted by molar-refractivity contribution is 0.417. The van der Waals surface area contributed by atoms with Gasteiger partial charge < -0.3 is 10.7 Å². The molecule has 0 unspecified atom stereocenters. The van der Waals surface area contributed by atoms with Gasteiger partial charge >= 0.3 is 5.69 Å². The molecule has 0 aliphatic heterocycles. The number of fused-ring (bicyclic) bond motifs is 1. The van der Waals surface area contributed by atoms with E-state index in [1.807, 2.05) is 26.1 Å². The summed E-state index contributed by atoms with van der Waals surface area (Å²) in [6.45, 7) is 4.37. The van der Waals surface area contributed by atoms with Crippen molar-refractivity contribution in [2.24, 2.45) is 5.73 Å². The van der Waals surface area contributed by atoms with Crippen LogP contribution in [0.2, 0.25) is 15.2 Å². The maximum absolute atomic E-state index is 13.2. The summed E-state index contributed by atoms with van der Waals surface area (Å²) in [6, 6.07) is 8.82. The van der Waals surface area contributed by atoms with Crippen molar-refractivity contribution in [3.8, 4) is 0 Å². The highest BCUT2D eigenvalue weighted by Gasteiger charge is 2.20. The van der Waals surface area contributed by atoms with E-state index in [0.717, 1.165) is 16.8 Å². The predicted octanol–water partition coefficient (Wildman–Crippen LogP) is 4.26. The van der Waals surface area contributed by atoms with Gasteiger partial charge in [-0.3, -0.25) is 9.13 Å². The number of hydrogen-bond donors (Lipinski definition) is 2. The number of imidazole rings is 2. The Hall–Kier alpha value is -2.32. The highest BCUT2D eigenvalue weighted by Crippen LogP contribution is 2.24. The van der Waals surface area contributed by atoms with E-state index in [2.05, 4.69) is 15.0 Å². The fourth-order valence-electron chi connectivity index (χ4n) is 3.43. The monoisotopic (exact) mass is 478 g/mol. The molecule has 0 saturated heterocycles.